The largest absolute Gasteiger partial charge is 0.461 e. The Labute approximate surface area is 134 Å². The van der Waals surface area contributed by atoms with Gasteiger partial charge in [0.15, 0.2) is 5.76 Å². The molecule has 1 amide bonds. The first-order chi connectivity index (χ1) is 11.3. The van der Waals surface area contributed by atoms with Gasteiger partial charge in [-0.2, -0.15) is 4.98 Å². The average Bonchev–Trinajstić information content (AvgIpc) is 3.23. The summed E-state index contributed by atoms with van der Waals surface area (Å²) < 4.78 is 10.5. The molecule has 0 aliphatic carbocycles. The first-order valence-corrected chi connectivity index (χ1v) is 8.19. The summed E-state index contributed by atoms with van der Waals surface area (Å²) in [5.74, 6) is 1.67. The predicted molar refractivity (Wildman–Crippen MR) is 81.5 cm³/mol. The molecule has 23 heavy (non-hydrogen) atoms. The first-order valence-electron chi connectivity index (χ1n) is 8.19. The average molecular weight is 316 g/mol. The number of rotatable bonds is 4. The molecule has 4 rings (SSSR count). The van der Waals surface area contributed by atoms with Crippen LogP contribution in [0.1, 0.15) is 31.6 Å². The number of hydrogen-bond donors (Lipinski definition) is 1. The van der Waals surface area contributed by atoms with E-state index in [0.29, 0.717) is 42.4 Å². The van der Waals surface area contributed by atoms with Gasteiger partial charge in [0, 0.05) is 31.5 Å². The van der Waals surface area contributed by atoms with Crippen LogP contribution in [0.2, 0.25) is 0 Å². The molecule has 2 aliphatic rings. The number of aromatic nitrogens is 2. The molecule has 0 radical (unpaired) electrons. The van der Waals surface area contributed by atoms with E-state index in [1.807, 2.05) is 0 Å². The Balaban J connectivity index is 1.38. The Morgan fingerprint density at radius 1 is 1.35 bits per heavy atom. The number of hydrogen-bond acceptors (Lipinski definition) is 6. The molecule has 0 saturated carbocycles. The molecule has 2 aliphatic heterocycles. The van der Waals surface area contributed by atoms with Crippen LogP contribution in [0, 0.1) is 0 Å². The lowest BCUT2D eigenvalue weighted by Crippen LogP contribution is -2.42. The van der Waals surface area contributed by atoms with Crippen molar-refractivity contribution in [2.75, 3.05) is 13.1 Å². The lowest BCUT2D eigenvalue weighted by Gasteiger charge is -2.27. The van der Waals surface area contributed by atoms with Gasteiger partial charge < -0.3 is 19.2 Å². The van der Waals surface area contributed by atoms with E-state index in [1.54, 1.807) is 18.4 Å². The molecule has 122 valence electrons. The Kier molecular flexibility index (Phi) is 3.87. The van der Waals surface area contributed by atoms with Gasteiger partial charge in [0.05, 0.1) is 6.26 Å². The summed E-state index contributed by atoms with van der Waals surface area (Å²) in [4.78, 5) is 19.0. The van der Waals surface area contributed by atoms with Crippen LogP contribution in [0.3, 0.4) is 0 Å². The maximum atomic E-state index is 12.6. The number of amides is 1. The summed E-state index contributed by atoms with van der Waals surface area (Å²) in [5, 5.41) is 7.30. The Morgan fingerprint density at radius 3 is 3.13 bits per heavy atom. The first kappa shape index (κ1) is 14.4. The highest BCUT2D eigenvalue weighted by atomic mass is 16.5. The van der Waals surface area contributed by atoms with Crippen molar-refractivity contribution in [2.24, 2.45) is 0 Å². The van der Waals surface area contributed by atoms with E-state index < -0.39 is 0 Å². The van der Waals surface area contributed by atoms with Gasteiger partial charge >= 0.3 is 0 Å². The molecule has 7 heteroatoms. The van der Waals surface area contributed by atoms with E-state index in [1.165, 1.54) is 0 Å². The summed E-state index contributed by atoms with van der Waals surface area (Å²) in [7, 11) is 0. The minimum Gasteiger partial charge on any atom is -0.461 e. The summed E-state index contributed by atoms with van der Waals surface area (Å²) >= 11 is 0. The molecule has 2 aromatic rings. The lowest BCUT2D eigenvalue weighted by atomic mass is 10.1. The number of aryl methyl sites for hydroxylation is 1. The number of nitrogens with one attached hydrogen (secondary N) is 1. The maximum absolute atomic E-state index is 12.6. The maximum Gasteiger partial charge on any atom is 0.238 e. The van der Waals surface area contributed by atoms with Crippen LogP contribution in [-0.4, -0.2) is 46.1 Å². The molecular formula is C16H20N4O3. The Bertz CT molecular complexity index is 653. The van der Waals surface area contributed by atoms with Gasteiger partial charge in [-0.3, -0.25) is 4.79 Å². The van der Waals surface area contributed by atoms with Crippen molar-refractivity contribution >= 4 is 5.91 Å². The Hall–Kier alpha value is -2.15. The second kappa shape index (κ2) is 6.16. The van der Waals surface area contributed by atoms with Crippen LogP contribution in [0.15, 0.2) is 27.3 Å². The second-order valence-corrected chi connectivity index (χ2v) is 6.17. The van der Waals surface area contributed by atoms with Crippen molar-refractivity contribution in [3.63, 3.8) is 0 Å². The number of furan rings is 1. The summed E-state index contributed by atoms with van der Waals surface area (Å²) in [6.45, 7) is 1.91. The monoisotopic (exact) mass is 316 g/mol. The highest BCUT2D eigenvalue weighted by molar-refractivity contribution is 5.77. The highest BCUT2D eigenvalue weighted by Gasteiger charge is 2.37. The second-order valence-electron chi connectivity index (χ2n) is 6.17. The SMILES string of the molecule is O=C(CCc1nc(-c2ccco2)no1)N1C2CCNCC1CC2. The third-order valence-electron chi connectivity index (χ3n) is 4.70. The van der Waals surface area contributed by atoms with Crippen LogP contribution in [0.5, 0.6) is 0 Å². The third kappa shape index (κ3) is 2.88. The minimum atomic E-state index is 0.193. The standard InChI is InChI=1S/C16H20N4O3/c21-15(20-11-3-4-12(20)10-17-8-7-11)6-5-14-18-16(19-23-14)13-2-1-9-22-13/h1-2,9,11-12,17H,3-8,10H2. The number of carbonyl (C=O) groups excluding carboxylic acids is 1. The molecule has 4 heterocycles. The zero-order valence-electron chi connectivity index (χ0n) is 12.9. The summed E-state index contributed by atoms with van der Waals surface area (Å²) in [6.07, 6.45) is 5.72. The van der Waals surface area contributed by atoms with Gasteiger partial charge in [-0.1, -0.05) is 5.16 Å². The zero-order valence-corrected chi connectivity index (χ0v) is 12.9. The van der Waals surface area contributed by atoms with E-state index >= 15 is 0 Å². The lowest BCUT2D eigenvalue weighted by molar-refractivity contribution is -0.133. The van der Waals surface area contributed by atoms with Gasteiger partial charge in [0.2, 0.25) is 17.6 Å². The van der Waals surface area contributed by atoms with Crippen LogP contribution < -0.4 is 5.32 Å². The third-order valence-corrected chi connectivity index (χ3v) is 4.70. The van der Waals surface area contributed by atoms with Crippen molar-refractivity contribution in [3.05, 3.63) is 24.3 Å². The van der Waals surface area contributed by atoms with Crippen molar-refractivity contribution in [1.82, 2.24) is 20.4 Å². The molecule has 2 saturated heterocycles. The minimum absolute atomic E-state index is 0.193. The van der Waals surface area contributed by atoms with Gasteiger partial charge in [-0.05, 0) is 37.9 Å². The normalized spacial score (nSPS) is 23.9. The van der Waals surface area contributed by atoms with E-state index in [9.17, 15) is 4.79 Å². The molecule has 7 nitrogen and oxygen atoms in total. The van der Waals surface area contributed by atoms with Crippen molar-refractivity contribution in [3.8, 4) is 11.6 Å². The molecule has 2 bridgehead atoms. The summed E-state index contributed by atoms with van der Waals surface area (Å²) in [6, 6.07) is 4.29. The molecule has 2 fully saturated rings. The quantitative estimate of drug-likeness (QED) is 0.922. The van der Waals surface area contributed by atoms with Crippen LogP contribution >= 0.6 is 0 Å². The predicted octanol–water partition coefficient (Wildman–Crippen LogP) is 1.62. The molecule has 0 spiro atoms. The number of nitrogens with zero attached hydrogens (tertiary/aromatic N) is 3. The highest BCUT2D eigenvalue weighted by Crippen LogP contribution is 2.28. The number of fused-ring (bicyclic) bond motifs is 2. The summed E-state index contributed by atoms with van der Waals surface area (Å²) in [5.41, 5.74) is 0. The van der Waals surface area contributed by atoms with Gasteiger partial charge in [0.1, 0.15) is 0 Å². The van der Waals surface area contributed by atoms with E-state index in [4.69, 9.17) is 8.94 Å². The van der Waals surface area contributed by atoms with Gasteiger partial charge in [-0.15, -0.1) is 0 Å². The molecular weight excluding hydrogens is 296 g/mol. The molecule has 2 unspecified atom stereocenters. The zero-order chi connectivity index (χ0) is 15.6. The topological polar surface area (TPSA) is 84.4 Å². The van der Waals surface area contributed by atoms with Gasteiger partial charge in [-0.25, -0.2) is 0 Å². The molecule has 1 N–H and O–H groups in total. The van der Waals surface area contributed by atoms with Crippen LogP contribution in [-0.2, 0) is 11.2 Å². The van der Waals surface area contributed by atoms with Crippen LogP contribution in [0.25, 0.3) is 11.6 Å². The number of carbonyl (C=O) groups is 1. The van der Waals surface area contributed by atoms with Crippen molar-refractivity contribution < 1.29 is 13.7 Å². The van der Waals surface area contributed by atoms with Gasteiger partial charge in [0.25, 0.3) is 0 Å². The van der Waals surface area contributed by atoms with E-state index in [2.05, 4.69) is 20.4 Å². The Morgan fingerprint density at radius 2 is 2.26 bits per heavy atom. The fourth-order valence-electron chi connectivity index (χ4n) is 3.59. The van der Waals surface area contributed by atoms with Crippen molar-refractivity contribution in [2.45, 2.75) is 44.2 Å². The smallest absolute Gasteiger partial charge is 0.238 e. The molecule has 2 atom stereocenters. The van der Waals surface area contributed by atoms with Crippen molar-refractivity contribution in [1.29, 1.82) is 0 Å². The fourth-order valence-corrected chi connectivity index (χ4v) is 3.59. The molecule has 0 aromatic carbocycles. The molecule has 2 aromatic heterocycles. The van der Waals surface area contributed by atoms with Crippen LogP contribution in [0.4, 0.5) is 0 Å². The fraction of sp³-hybridized carbons (Fsp3) is 0.562. The van der Waals surface area contributed by atoms with E-state index in [0.717, 1.165) is 32.4 Å². The van der Waals surface area contributed by atoms with E-state index in [-0.39, 0.29) is 5.91 Å².